The molecule has 118 valence electrons. The number of hydrogen-bond acceptors (Lipinski definition) is 7. The van der Waals surface area contributed by atoms with E-state index in [-0.39, 0.29) is 0 Å². The number of anilines is 1. The van der Waals surface area contributed by atoms with E-state index in [0.717, 1.165) is 58.7 Å². The molecule has 0 radical (unpaired) electrons. The molecule has 0 aliphatic carbocycles. The number of nitrogens with one attached hydrogen (secondary N) is 1. The molecule has 3 aromatic rings. The van der Waals surface area contributed by atoms with Gasteiger partial charge in [0.2, 0.25) is 5.95 Å². The number of methoxy groups -OCH3 is 1. The van der Waals surface area contributed by atoms with Crippen LogP contribution in [-0.4, -0.2) is 48.2 Å². The van der Waals surface area contributed by atoms with Crippen molar-refractivity contribution in [1.29, 1.82) is 0 Å². The average Bonchev–Trinajstić information content (AvgIpc) is 3.05. The van der Waals surface area contributed by atoms with Crippen LogP contribution in [0.2, 0.25) is 0 Å². The molecule has 1 aliphatic rings. The number of aromatic nitrogens is 3. The fourth-order valence-electron chi connectivity index (χ4n) is 2.62. The molecular weight excluding hydrogens is 310 g/mol. The molecule has 0 atom stereocenters. The zero-order valence-corrected chi connectivity index (χ0v) is 13.6. The molecule has 1 aliphatic heterocycles. The Balaban J connectivity index is 1.62. The largest absolute Gasteiger partial charge is 0.497 e. The Hall–Kier alpha value is -2.25. The van der Waals surface area contributed by atoms with E-state index in [1.165, 1.54) is 0 Å². The fourth-order valence-corrected chi connectivity index (χ4v) is 3.58. The lowest BCUT2D eigenvalue weighted by atomic mass is 10.3. The molecule has 1 aromatic carbocycles. The Bertz CT molecular complexity index is 811. The Morgan fingerprint density at radius 1 is 1.17 bits per heavy atom. The predicted octanol–water partition coefficient (Wildman–Crippen LogP) is 2.17. The predicted molar refractivity (Wildman–Crippen MR) is 92.3 cm³/mol. The van der Waals surface area contributed by atoms with Crippen LogP contribution in [-0.2, 0) is 0 Å². The second-order valence-electron chi connectivity index (χ2n) is 5.36. The van der Waals surface area contributed by atoms with Crippen LogP contribution >= 0.6 is 11.3 Å². The van der Waals surface area contributed by atoms with Gasteiger partial charge in [-0.15, -0.1) is 11.3 Å². The lowest BCUT2D eigenvalue weighted by Gasteiger charge is -2.27. The van der Waals surface area contributed by atoms with Crippen LogP contribution in [0.25, 0.3) is 20.8 Å². The van der Waals surface area contributed by atoms with Crippen LogP contribution in [0.4, 0.5) is 5.95 Å². The van der Waals surface area contributed by atoms with Crippen molar-refractivity contribution in [2.45, 2.75) is 0 Å². The highest BCUT2D eigenvalue weighted by Gasteiger charge is 2.14. The third kappa shape index (κ3) is 2.85. The van der Waals surface area contributed by atoms with E-state index in [0.29, 0.717) is 0 Å². The van der Waals surface area contributed by atoms with Gasteiger partial charge in [0.25, 0.3) is 0 Å². The molecule has 3 heterocycles. The minimum Gasteiger partial charge on any atom is -0.497 e. The molecule has 7 heteroatoms. The number of thiazole rings is 1. The highest BCUT2D eigenvalue weighted by molar-refractivity contribution is 7.21. The van der Waals surface area contributed by atoms with Gasteiger partial charge in [0, 0.05) is 44.1 Å². The normalized spacial score (nSPS) is 15.1. The molecule has 1 N–H and O–H groups in total. The number of hydrogen-bond donors (Lipinski definition) is 1. The molecule has 23 heavy (non-hydrogen) atoms. The SMILES string of the molecule is COc1ccc2nc(-c3cnc(N4CCNCC4)nc3)sc2c1. The number of ether oxygens (including phenoxy) is 1. The molecular formula is C16H17N5OS. The van der Waals surface area contributed by atoms with E-state index in [4.69, 9.17) is 4.74 Å². The van der Waals surface area contributed by atoms with Crippen molar-refractivity contribution in [2.24, 2.45) is 0 Å². The Morgan fingerprint density at radius 3 is 2.70 bits per heavy atom. The molecule has 0 saturated carbocycles. The monoisotopic (exact) mass is 327 g/mol. The summed E-state index contributed by atoms with van der Waals surface area (Å²) in [6, 6.07) is 5.91. The molecule has 1 saturated heterocycles. The Kier molecular flexibility index (Phi) is 3.80. The van der Waals surface area contributed by atoms with Crippen LogP contribution < -0.4 is 15.0 Å². The molecule has 1 fully saturated rings. The zero-order chi connectivity index (χ0) is 15.6. The second-order valence-corrected chi connectivity index (χ2v) is 6.39. The van der Waals surface area contributed by atoms with Gasteiger partial charge in [-0.05, 0) is 18.2 Å². The zero-order valence-electron chi connectivity index (χ0n) is 12.8. The third-order valence-electron chi connectivity index (χ3n) is 3.88. The van der Waals surface area contributed by atoms with E-state index in [2.05, 4.69) is 25.2 Å². The van der Waals surface area contributed by atoms with Crippen molar-refractivity contribution < 1.29 is 4.74 Å². The van der Waals surface area contributed by atoms with Crippen molar-refractivity contribution in [2.75, 3.05) is 38.2 Å². The van der Waals surface area contributed by atoms with Gasteiger partial charge in [-0.2, -0.15) is 0 Å². The van der Waals surface area contributed by atoms with Gasteiger partial charge < -0.3 is 15.0 Å². The Morgan fingerprint density at radius 2 is 1.96 bits per heavy atom. The summed E-state index contributed by atoms with van der Waals surface area (Å²) in [7, 11) is 1.67. The molecule has 0 spiro atoms. The number of nitrogens with zero attached hydrogens (tertiary/aromatic N) is 4. The first-order valence-electron chi connectivity index (χ1n) is 7.56. The molecule has 0 bridgehead atoms. The van der Waals surface area contributed by atoms with E-state index in [1.54, 1.807) is 18.4 Å². The van der Waals surface area contributed by atoms with E-state index in [1.807, 2.05) is 30.6 Å². The smallest absolute Gasteiger partial charge is 0.225 e. The maximum Gasteiger partial charge on any atom is 0.225 e. The second kappa shape index (κ2) is 6.10. The van der Waals surface area contributed by atoms with Crippen molar-refractivity contribution >= 4 is 27.5 Å². The molecule has 0 unspecified atom stereocenters. The maximum atomic E-state index is 5.26. The minimum absolute atomic E-state index is 0.790. The van der Waals surface area contributed by atoms with Crippen LogP contribution in [0.15, 0.2) is 30.6 Å². The number of rotatable bonds is 3. The van der Waals surface area contributed by atoms with Gasteiger partial charge in [-0.25, -0.2) is 15.0 Å². The summed E-state index contributed by atoms with van der Waals surface area (Å²) in [5, 5.41) is 4.26. The van der Waals surface area contributed by atoms with Gasteiger partial charge in [-0.3, -0.25) is 0 Å². The molecule has 4 rings (SSSR count). The summed E-state index contributed by atoms with van der Waals surface area (Å²) in [5.74, 6) is 1.64. The molecule has 0 amide bonds. The first-order valence-corrected chi connectivity index (χ1v) is 8.38. The van der Waals surface area contributed by atoms with Crippen molar-refractivity contribution in [3.63, 3.8) is 0 Å². The van der Waals surface area contributed by atoms with Crippen LogP contribution in [0.3, 0.4) is 0 Å². The highest BCUT2D eigenvalue weighted by Crippen LogP contribution is 2.32. The topological polar surface area (TPSA) is 63.2 Å². The summed E-state index contributed by atoms with van der Waals surface area (Å²) in [5.41, 5.74) is 1.92. The van der Waals surface area contributed by atoms with Gasteiger partial charge in [0.15, 0.2) is 0 Å². The van der Waals surface area contributed by atoms with Crippen LogP contribution in [0.5, 0.6) is 5.75 Å². The van der Waals surface area contributed by atoms with Crippen LogP contribution in [0, 0.1) is 0 Å². The third-order valence-corrected chi connectivity index (χ3v) is 4.95. The fraction of sp³-hybridized carbons (Fsp3) is 0.312. The number of benzene rings is 1. The first kappa shape index (κ1) is 14.3. The van der Waals surface area contributed by atoms with Crippen molar-refractivity contribution in [3.8, 4) is 16.3 Å². The van der Waals surface area contributed by atoms with E-state index in [9.17, 15) is 0 Å². The van der Waals surface area contributed by atoms with Crippen LogP contribution in [0.1, 0.15) is 0 Å². The van der Waals surface area contributed by atoms with Crippen molar-refractivity contribution in [1.82, 2.24) is 20.3 Å². The maximum absolute atomic E-state index is 5.26. The van der Waals surface area contributed by atoms with Crippen molar-refractivity contribution in [3.05, 3.63) is 30.6 Å². The summed E-state index contributed by atoms with van der Waals surface area (Å²) in [4.78, 5) is 15.9. The number of fused-ring (bicyclic) bond motifs is 1. The van der Waals surface area contributed by atoms with E-state index < -0.39 is 0 Å². The quantitative estimate of drug-likeness (QED) is 0.795. The van der Waals surface area contributed by atoms with Gasteiger partial charge >= 0.3 is 0 Å². The Labute approximate surface area is 138 Å². The lowest BCUT2D eigenvalue weighted by molar-refractivity contribution is 0.415. The summed E-state index contributed by atoms with van der Waals surface area (Å²) in [6.07, 6.45) is 3.72. The first-order chi connectivity index (χ1) is 11.3. The summed E-state index contributed by atoms with van der Waals surface area (Å²) >= 11 is 1.63. The number of piperazine rings is 1. The lowest BCUT2D eigenvalue weighted by Crippen LogP contribution is -2.44. The highest BCUT2D eigenvalue weighted by atomic mass is 32.1. The molecule has 2 aromatic heterocycles. The molecule has 6 nitrogen and oxygen atoms in total. The standard InChI is InChI=1S/C16H17N5OS/c1-22-12-2-3-13-14(8-12)23-15(20-13)11-9-18-16(19-10-11)21-6-4-17-5-7-21/h2-3,8-10,17H,4-7H2,1H3. The van der Waals surface area contributed by atoms with Gasteiger partial charge in [0.1, 0.15) is 10.8 Å². The summed E-state index contributed by atoms with van der Waals surface area (Å²) in [6.45, 7) is 3.84. The van der Waals surface area contributed by atoms with Gasteiger partial charge in [-0.1, -0.05) is 0 Å². The summed E-state index contributed by atoms with van der Waals surface area (Å²) < 4.78 is 6.37. The average molecular weight is 327 g/mol. The van der Waals surface area contributed by atoms with Gasteiger partial charge in [0.05, 0.1) is 17.3 Å². The minimum atomic E-state index is 0.790. The van der Waals surface area contributed by atoms with E-state index >= 15 is 0 Å².